The number of rotatable bonds is 7. The van der Waals surface area contributed by atoms with E-state index in [9.17, 15) is 14.7 Å². The van der Waals surface area contributed by atoms with E-state index in [0.29, 0.717) is 5.92 Å². The Hall–Kier alpha value is -2.04. The minimum absolute atomic E-state index is 0.00108. The quantitative estimate of drug-likeness (QED) is 0.722. The lowest BCUT2D eigenvalue weighted by atomic mass is 10.0. The number of urea groups is 1. The molecule has 116 valence electrons. The lowest BCUT2D eigenvalue weighted by molar-refractivity contribution is -0.139. The van der Waals surface area contributed by atoms with Gasteiger partial charge in [0.1, 0.15) is 6.04 Å². The molecule has 1 rings (SSSR count). The van der Waals surface area contributed by atoms with Crippen LogP contribution < -0.4 is 10.6 Å². The standard InChI is InChI=1S/C16H24N2O3/c1-4-11(2)12(3)17-16(21)18-14(15(19)20)10-13-8-6-5-7-9-13/h5-9,11-12,14H,4,10H2,1-3H3,(H,19,20)(H2,17,18,21)/t11?,12?,14-/m0/s1. The van der Waals surface area contributed by atoms with Crippen LogP contribution in [-0.2, 0) is 11.2 Å². The first-order valence-corrected chi connectivity index (χ1v) is 7.27. The molecule has 1 aromatic carbocycles. The molecule has 0 aromatic heterocycles. The van der Waals surface area contributed by atoms with Gasteiger partial charge in [-0.15, -0.1) is 0 Å². The SMILES string of the molecule is CCC(C)C(C)NC(=O)N[C@@H](Cc1ccccc1)C(=O)O. The van der Waals surface area contributed by atoms with Gasteiger partial charge in [0.2, 0.25) is 0 Å². The van der Waals surface area contributed by atoms with Crippen LogP contribution in [0.25, 0.3) is 0 Å². The first kappa shape index (κ1) is 17.0. The molecule has 0 radical (unpaired) electrons. The Bertz CT molecular complexity index is 462. The van der Waals surface area contributed by atoms with Gasteiger partial charge in [-0.05, 0) is 18.4 Å². The second-order valence-electron chi connectivity index (χ2n) is 5.37. The van der Waals surface area contributed by atoms with Crippen LogP contribution in [0.15, 0.2) is 30.3 Å². The molecular formula is C16H24N2O3. The summed E-state index contributed by atoms with van der Waals surface area (Å²) in [6.07, 6.45) is 1.22. The Labute approximate surface area is 125 Å². The Balaban J connectivity index is 2.58. The largest absolute Gasteiger partial charge is 0.480 e. The van der Waals surface area contributed by atoms with Crippen LogP contribution in [0.3, 0.4) is 0 Å². The summed E-state index contributed by atoms with van der Waals surface area (Å²) in [6.45, 7) is 6.01. The van der Waals surface area contributed by atoms with Crippen LogP contribution in [0.2, 0.25) is 0 Å². The number of carbonyl (C=O) groups excluding carboxylic acids is 1. The van der Waals surface area contributed by atoms with Gasteiger partial charge >= 0.3 is 12.0 Å². The van der Waals surface area contributed by atoms with Crippen molar-refractivity contribution < 1.29 is 14.7 Å². The zero-order chi connectivity index (χ0) is 15.8. The molecule has 0 aliphatic carbocycles. The highest BCUT2D eigenvalue weighted by Gasteiger charge is 2.21. The summed E-state index contributed by atoms with van der Waals surface area (Å²) >= 11 is 0. The fourth-order valence-corrected chi connectivity index (χ4v) is 1.95. The Morgan fingerprint density at radius 3 is 2.29 bits per heavy atom. The maximum absolute atomic E-state index is 11.9. The van der Waals surface area contributed by atoms with Crippen molar-refractivity contribution >= 4 is 12.0 Å². The number of carboxylic acid groups (broad SMARTS) is 1. The van der Waals surface area contributed by atoms with E-state index in [2.05, 4.69) is 17.6 Å². The molecule has 0 spiro atoms. The third kappa shape index (κ3) is 5.85. The molecule has 3 atom stereocenters. The summed E-state index contributed by atoms with van der Waals surface area (Å²) in [4.78, 5) is 23.2. The van der Waals surface area contributed by atoms with Gasteiger partial charge in [-0.1, -0.05) is 50.6 Å². The normalized spacial score (nSPS) is 14.8. The lowest BCUT2D eigenvalue weighted by Gasteiger charge is -2.22. The molecular weight excluding hydrogens is 268 g/mol. The number of benzene rings is 1. The maximum Gasteiger partial charge on any atom is 0.326 e. The smallest absolute Gasteiger partial charge is 0.326 e. The molecule has 0 aliphatic heterocycles. The number of hydrogen-bond donors (Lipinski definition) is 3. The summed E-state index contributed by atoms with van der Waals surface area (Å²) < 4.78 is 0. The van der Waals surface area contributed by atoms with Gasteiger partial charge in [0.05, 0.1) is 0 Å². The van der Waals surface area contributed by atoms with Crippen molar-refractivity contribution in [3.63, 3.8) is 0 Å². The highest BCUT2D eigenvalue weighted by molar-refractivity contribution is 5.82. The topological polar surface area (TPSA) is 78.4 Å². The van der Waals surface area contributed by atoms with E-state index >= 15 is 0 Å². The van der Waals surface area contributed by atoms with E-state index in [0.717, 1.165) is 12.0 Å². The highest BCUT2D eigenvalue weighted by atomic mass is 16.4. The fraction of sp³-hybridized carbons (Fsp3) is 0.500. The van der Waals surface area contributed by atoms with Crippen molar-refractivity contribution in [3.8, 4) is 0 Å². The third-order valence-electron chi connectivity index (χ3n) is 3.74. The Morgan fingerprint density at radius 2 is 1.76 bits per heavy atom. The molecule has 0 saturated heterocycles. The Kier molecular flexibility index (Phi) is 6.72. The lowest BCUT2D eigenvalue weighted by Crippen LogP contribution is -2.50. The van der Waals surface area contributed by atoms with Gasteiger partial charge < -0.3 is 15.7 Å². The monoisotopic (exact) mass is 292 g/mol. The minimum Gasteiger partial charge on any atom is -0.480 e. The van der Waals surface area contributed by atoms with E-state index in [-0.39, 0.29) is 12.5 Å². The van der Waals surface area contributed by atoms with Crippen LogP contribution in [-0.4, -0.2) is 29.2 Å². The zero-order valence-corrected chi connectivity index (χ0v) is 12.8. The predicted molar refractivity (Wildman–Crippen MR) is 82.2 cm³/mol. The second kappa shape index (κ2) is 8.29. The Morgan fingerprint density at radius 1 is 1.14 bits per heavy atom. The van der Waals surface area contributed by atoms with E-state index in [1.165, 1.54) is 0 Å². The van der Waals surface area contributed by atoms with Crippen molar-refractivity contribution in [1.29, 1.82) is 0 Å². The molecule has 0 aliphatic rings. The van der Waals surface area contributed by atoms with E-state index in [4.69, 9.17) is 0 Å². The molecule has 1 aromatic rings. The zero-order valence-electron chi connectivity index (χ0n) is 12.8. The first-order valence-electron chi connectivity index (χ1n) is 7.27. The van der Waals surface area contributed by atoms with Gasteiger partial charge in [-0.3, -0.25) is 0 Å². The van der Waals surface area contributed by atoms with E-state index in [1.54, 1.807) is 0 Å². The van der Waals surface area contributed by atoms with Crippen LogP contribution >= 0.6 is 0 Å². The summed E-state index contributed by atoms with van der Waals surface area (Å²) in [5, 5.41) is 14.5. The molecule has 0 saturated carbocycles. The summed E-state index contributed by atoms with van der Waals surface area (Å²) in [5.74, 6) is -0.696. The number of aliphatic carboxylic acids is 1. The van der Waals surface area contributed by atoms with Gasteiger partial charge in [0, 0.05) is 12.5 Å². The van der Waals surface area contributed by atoms with Crippen LogP contribution in [0.1, 0.15) is 32.8 Å². The first-order chi connectivity index (χ1) is 9.93. The molecule has 5 nitrogen and oxygen atoms in total. The highest BCUT2D eigenvalue weighted by Crippen LogP contribution is 2.07. The van der Waals surface area contributed by atoms with Crippen molar-refractivity contribution in [2.75, 3.05) is 0 Å². The van der Waals surface area contributed by atoms with Gasteiger partial charge in [-0.2, -0.15) is 0 Å². The average molecular weight is 292 g/mol. The van der Waals surface area contributed by atoms with Crippen molar-refractivity contribution in [1.82, 2.24) is 10.6 Å². The summed E-state index contributed by atoms with van der Waals surface area (Å²) in [6, 6.07) is 7.88. The number of hydrogen-bond acceptors (Lipinski definition) is 2. The summed E-state index contributed by atoms with van der Waals surface area (Å²) in [5.41, 5.74) is 0.875. The molecule has 0 heterocycles. The van der Waals surface area contributed by atoms with Crippen molar-refractivity contribution in [2.45, 2.75) is 45.7 Å². The van der Waals surface area contributed by atoms with Crippen LogP contribution in [0.5, 0.6) is 0 Å². The average Bonchev–Trinajstić information content (AvgIpc) is 2.46. The minimum atomic E-state index is -1.04. The second-order valence-corrected chi connectivity index (χ2v) is 5.37. The third-order valence-corrected chi connectivity index (χ3v) is 3.74. The number of carboxylic acids is 1. The fourth-order valence-electron chi connectivity index (χ4n) is 1.95. The predicted octanol–water partition coefficient (Wildman–Crippen LogP) is 2.42. The van der Waals surface area contributed by atoms with Gasteiger partial charge in [0.15, 0.2) is 0 Å². The van der Waals surface area contributed by atoms with Gasteiger partial charge in [-0.25, -0.2) is 9.59 Å². The molecule has 2 amide bonds. The molecule has 5 heteroatoms. The molecule has 21 heavy (non-hydrogen) atoms. The molecule has 0 bridgehead atoms. The van der Waals surface area contributed by atoms with Crippen molar-refractivity contribution in [2.24, 2.45) is 5.92 Å². The number of nitrogens with one attached hydrogen (secondary N) is 2. The molecule has 3 N–H and O–H groups in total. The summed E-state index contributed by atoms with van der Waals surface area (Å²) in [7, 11) is 0. The molecule has 0 fully saturated rings. The number of carbonyl (C=O) groups is 2. The van der Waals surface area contributed by atoms with Crippen LogP contribution in [0, 0.1) is 5.92 Å². The van der Waals surface area contributed by atoms with Crippen LogP contribution in [0.4, 0.5) is 4.79 Å². The molecule has 2 unspecified atom stereocenters. The van der Waals surface area contributed by atoms with E-state index < -0.39 is 18.0 Å². The maximum atomic E-state index is 11.9. The van der Waals surface area contributed by atoms with Gasteiger partial charge in [0.25, 0.3) is 0 Å². The number of amides is 2. The van der Waals surface area contributed by atoms with E-state index in [1.807, 2.05) is 44.2 Å². The van der Waals surface area contributed by atoms with Crippen molar-refractivity contribution in [3.05, 3.63) is 35.9 Å².